The Morgan fingerprint density at radius 1 is 1.67 bits per heavy atom. The predicted octanol–water partition coefficient (Wildman–Crippen LogP) is 1.87. The van der Waals surface area contributed by atoms with Crippen molar-refractivity contribution < 1.29 is 13.9 Å². The first-order chi connectivity index (χ1) is 7.13. The van der Waals surface area contributed by atoms with Crippen molar-refractivity contribution in [2.45, 2.75) is 12.5 Å². The van der Waals surface area contributed by atoms with Gasteiger partial charge in [0, 0.05) is 6.07 Å². The lowest BCUT2D eigenvalue weighted by molar-refractivity contribution is 0.202. The summed E-state index contributed by atoms with van der Waals surface area (Å²) in [5.41, 5.74) is -0.194. The fourth-order valence-corrected chi connectivity index (χ4v) is 1.12. The molecule has 0 bridgehead atoms. The van der Waals surface area contributed by atoms with Gasteiger partial charge < -0.3 is 9.47 Å². The molecule has 1 unspecified atom stereocenters. The third kappa shape index (κ3) is 2.25. The molecule has 0 aliphatic carbocycles. The van der Waals surface area contributed by atoms with E-state index in [1.54, 1.807) is 12.1 Å². The number of hydrogen-bond donors (Lipinski definition) is 0. The highest BCUT2D eigenvalue weighted by atomic mass is 19.1. The van der Waals surface area contributed by atoms with Crippen LogP contribution in [0.4, 0.5) is 4.39 Å². The van der Waals surface area contributed by atoms with Crippen molar-refractivity contribution >= 4 is 0 Å². The minimum Gasteiger partial charge on any atom is -0.490 e. The molecule has 0 N–H and O–H groups in total. The molecule has 1 saturated heterocycles. The highest BCUT2D eigenvalue weighted by Gasteiger charge is 2.40. The molecule has 1 aliphatic rings. The topological polar surface area (TPSA) is 45.5 Å². The molecule has 0 amide bonds. The lowest BCUT2D eigenvalue weighted by Crippen LogP contribution is -2.16. The molecule has 15 heavy (non-hydrogen) atoms. The van der Waals surface area contributed by atoms with Gasteiger partial charge in [-0.15, -0.1) is 0 Å². The molecule has 1 aliphatic heterocycles. The second kappa shape index (κ2) is 3.52. The van der Waals surface area contributed by atoms with Crippen LogP contribution in [-0.4, -0.2) is 18.8 Å². The lowest BCUT2D eigenvalue weighted by atomic mass is 10.2. The lowest BCUT2D eigenvalue weighted by Gasteiger charge is -2.08. The zero-order valence-electron chi connectivity index (χ0n) is 8.29. The van der Waals surface area contributed by atoms with Gasteiger partial charge in [-0.3, -0.25) is 0 Å². The van der Waals surface area contributed by atoms with Gasteiger partial charge in [-0.25, -0.2) is 4.39 Å². The van der Waals surface area contributed by atoms with Crippen molar-refractivity contribution in [3.8, 4) is 11.8 Å². The number of nitrogens with zero attached hydrogens (tertiary/aromatic N) is 1. The van der Waals surface area contributed by atoms with Crippen molar-refractivity contribution in [3.63, 3.8) is 0 Å². The van der Waals surface area contributed by atoms with E-state index in [1.807, 2.05) is 6.92 Å². The summed E-state index contributed by atoms with van der Waals surface area (Å²) in [5, 5.41) is 8.53. The maximum absolute atomic E-state index is 13.2. The Hall–Kier alpha value is -1.60. The summed E-state index contributed by atoms with van der Waals surface area (Å²) >= 11 is 0. The SMILES string of the molecule is CC1(COc2ccc(C#N)c(F)c2)CO1. The van der Waals surface area contributed by atoms with Gasteiger partial charge in [-0.2, -0.15) is 5.26 Å². The third-order valence-electron chi connectivity index (χ3n) is 2.24. The normalized spacial score (nSPS) is 23.3. The van der Waals surface area contributed by atoms with Crippen LogP contribution in [0, 0.1) is 17.1 Å². The standard InChI is InChI=1S/C11H10FNO2/c1-11(7-15-11)6-14-9-3-2-8(5-13)10(12)4-9/h2-4H,6-7H2,1H3. The number of epoxide rings is 1. The first-order valence-electron chi connectivity index (χ1n) is 4.59. The van der Waals surface area contributed by atoms with Crippen LogP contribution in [-0.2, 0) is 4.74 Å². The van der Waals surface area contributed by atoms with Crippen molar-refractivity contribution in [3.05, 3.63) is 29.6 Å². The minimum atomic E-state index is -0.558. The van der Waals surface area contributed by atoms with E-state index in [-0.39, 0.29) is 11.2 Å². The molecule has 0 radical (unpaired) electrons. The average molecular weight is 207 g/mol. The molecular formula is C11H10FNO2. The largest absolute Gasteiger partial charge is 0.490 e. The number of nitriles is 1. The zero-order chi connectivity index (χ0) is 10.9. The Balaban J connectivity index is 2.03. The second-order valence-corrected chi connectivity index (χ2v) is 3.78. The molecule has 0 aromatic heterocycles. The molecule has 1 aromatic rings. The van der Waals surface area contributed by atoms with Gasteiger partial charge in [0.05, 0.1) is 12.2 Å². The van der Waals surface area contributed by atoms with Gasteiger partial charge in [-0.05, 0) is 19.1 Å². The quantitative estimate of drug-likeness (QED) is 0.711. The Bertz CT molecular complexity index is 421. The van der Waals surface area contributed by atoms with Gasteiger partial charge in [0.15, 0.2) is 0 Å². The van der Waals surface area contributed by atoms with Crippen LogP contribution in [0.25, 0.3) is 0 Å². The van der Waals surface area contributed by atoms with Crippen LogP contribution in [0.2, 0.25) is 0 Å². The van der Waals surface area contributed by atoms with Crippen molar-refractivity contribution in [1.29, 1.82) is 5.26 Å². The van der Waals surface area contributed by atoms with E-state index in [1.165, 1.54) is 12.1 Å². The van der Waals surface area contributed by atoms with Crippen molar-refractivity contribution in [2.75, 3.05) is 13.2 Å². The highest BCUT2D eigenvalue weighted by molar-refractivity contribution is 5.36. The number of rotatable bonds is 3. The molecule has 4 heteroatoms. The summed E-state index contributed by atoms with van der Waals surface area (Å²) in [7, 11) is 0. The monoisotopic (exact) mass is 207 g/mol. The molecule has 78 valence electrons. The van der Waals surface area contributed by atoms with Gasteiger partial charge >= 0.3 is 0 Å². The summed E-state index contributed by atoms with van der Waals surface area (Å²) in [6, 6.07) is 5.94. The van der Waals surface area contributed by atoms with Crippen LogP contribution < -0.4 is 4.74 Å². The molecule has 1 atom stereocenters. The second-order valence-electron chi connectivity index (χ2n) is 3.78. The van der Waals surface area contributed by atoms with E-state index in [2.05, 4.69) is 0 Å². The van der Waals surface area contributed by atoms with E-state index in [9.17, 15) is 4.39 Å². The Labute approximate surface area is 87.0 Å². The molecular weight excluding hydrogens is 197 g/mol. The van der Waals surface area contributed by atoms with Crippen LogP contribution in [0.5, 0.6) is 5.75 Å². The molecule has 0 spiro atoms. The molecule has 1 fully saturated rings. The van der Waals surface area contributed by atoms with Gasteiger partial charge in [-0.1, -0.05) is 0 Å². The highest BCUT2D eigenvalue weighted by Crippen LogP contribution is 2.27. The maximum Gasteiger partial charge on any atom is 0.144 e. The first kappa shape index (κ1) is 9.94. The van der Waals surface area contributed by atoms with Crippen LogP contribution in [0.15, 0.2) is 18.2 Å². The van der Waals surface area contributed by atoms with Gasteiger partial charge in [0.1, 0.15) is 29.8 Å². The number of halogens is 1. The Morgan fingerprint density at radius 2 is 2.40 bits per heavy atom. The molecule has 1 aromatic carbocycles. The fourth-order valence-electron chi connectivity index (χ4n) is 1.12. The summed E-state index contributed by atoms with van der Waals surface area (Å²) in [6.07, 6.45) is 0. The molecule has 0 saturated carbocycles. The molecule has 2 rings (SSSR count). The number of hydrogen-bond acceptors (Lipinski definition) is 3. The van der Waals surface area contributed by atoms with Crippen molar-refractivity contribution in [1.82, 2.24) is 0 Å². The molecule has 3 nitrogen and oxygen atoms in total. The van der Waals surface area contributed by atoms with Crippen LogP contribution in [0.1, 0.15) is 12.5 Å². The van der Waals surface area contributed by atoms with E-state index < -0.39 is 5.82 Å². The van der Waals surface area contributed by atoms with Gasteiger partial charge in [0.2, 0.25) is 0 Å². The van der Waals surface area contributed by atoms with E-state index in [4.69, 9.17) is 14.7 Å². The van der Waals surface area contributed by atoms with Gasteiger partial charge in [0.25, 0.3) is 0 Å². The maximum atomic E-state index is 13.2. The summed E-state index contributed by atoms with van der Waals surface area (Å²) in [5.74, 6) is -0.139. The number of benzene rings is 1. The zero-order valence-corrected chi connectivity index (χ0v) is 8.29. The van der Waals surface area contributed by atoms with E-state index >= 15 is 0 Å². The van der Waals surface area contributed by atoms with Crippen molar-refractivity contribution in [2.24, 2.45) is 0 Å². The smallest absolute Gasteiger partial charge is 0.144 e. The van der Waals surface area contributed by atoms with Crippen LogP contribution >= 0.6 is 0 Å². The summed E-state index contributed by atoms with van der Waals surface area (Å²) < 4.78 is 23.6. The third-order valence-corrected chi connectivity index (χ3v) is 2.24. The fraction of sp³-hybridized carbons (Fsp3) is 0.364. The summed E-state index contributed by atoms with van der Waals surface area (Å²) in [4.78, 5) is 0. The average Bonchev–Trinajstić information content (AvgIpc) is 2.95. The minimum absolute atomic E-state index is 0.0243. The predicted molar refractivity (Wildman–Crippen MR) is 51.0 cm³/mol. The van der Waals surface area contributed by atoms with Crippen LogP contribution in [0.3, 0.4) is 0 Å². The molecule has 1 heterocycles. The summed E-state index contributed by atoms with van der Waals surface area (Å²) in [6.45, 7) is 3.00. The van der Waals surface area contributed by atoms with E-state index in [0.29, 0.717) is 19.0 Å². The first-order valence-corrected chi connectivity index (χ1v) is 4.59. The van der Waals surface area contributed by atoms with E-state index in [0.717, 1.165) is 0 Å². The Kier molecular flexibility index (Phi) is 2.33. The number of ether oxygens (including phenoxy) is 2. The Morgan fingerprint density at radius 3 is 2.93 bits per heavy atom.